The zero-order valence-electron chi connectivity index (χ0n) is 10.7. The molecule has 6 nitrogen and oxygen atoms in total. The molecule has 7 heteroatoms. The molecule has 2 aromatic heterocycles. The third-order valence-corrected chi connectivity index (χ3v) is 5.36. The summed E-state index contributed by atoms with van der Waals surface area (Å²) in [6.07, 6.45) is 7.95. The third kappa shape index (κ3) is 2.42. The molecule has 19 heavy (non-hydrogen) atoms. The molecule has 1 fully saturated rings. The summed E-state index contributed by atoms with van der Waals surface area (Å²) in [5.74, 6) is 2.36. The average Bonchev–Trinajstić information content (AvgIpc) is 3.01. The first kappa shape index (κ1) is 12.4. The predicted molar refractivity (Wildman–Crippen MR) is 71.2 cm³/mol. The highest BCUT2D eigenvalue weighted by Crippen LogP contribution is 2.23. The van der Waals surface area contributed by atoms with Crippen LogP contribution in [0.2, 0.25) is 0 Å². The highest BCUT2D eigenvalue weighted by molar-refractivity contribution is 7.91. The molecule has 0 amide bonds. The van der Waals surface area contributed by atoms with Gasteiger partial charge >= 0.3 is 0 Å². The lowest BCUT2D eigenvalue weighted by Gasteiger charge is -2.11. The molecular formula is C12H16N4O2S. The van der Waals surface area contributed by atoms with Gasteiger partial charge in [-0.25, -0.2) is 18.4 Å². The van der Waals surface area contributed by atoms with Gasteiger partial charge < -0.3 is 9.13 Å². The molecule has 3 heterocycles. The summed E-state index contributed by atoms with van der Waals surface area (Å²) in [6.45, 7) is 0.682. The zero-order valence-corrected chi connectivity index (χ0v) is 11.5. The van der Waals surface area contributed by atoms with Crippen molar-refractivity contribution in [1.82, 2.24) is 19.1 Å². The van der Waals surface area contributed by atoms with Crippen LogP contribution in [0, 0.1) is 5.92 Å². The quantitative estimate of drug-likeness (QED) is 0.830. The summed E-state index contributed by atoms with van der Waals surface area (Å²) in [7, 11) is -0.910. The van der Waals surface area contributed by atoms with E-state index in [4.69, 9.17) is 0 Å². The Hall–Kier alpha value is -1.63. The molecule has 0 spiro atoms. The Bertz CT molecular complexity index is 686. The zero-order chi connectivity index (χ0) is 13.5. The standard InChI is InChI=1S/C12H16N4O2S/c1-15-5-3-13-11(15)12-14-4-6-16(12)8-10-2-7-19(17,18)9-10/h3-6,10H,2,7-9H2,1H3/t10-/m0/s1. The second kappa shape index (κ2) is 4.48. The van der Waals surface area contributed by atoms with E-state index >= 15 is 0 Å². The minimum atomic E-state index is -2.83. The predicted octanol–water partition coefficient (Wildman–Crippen LogP) is 0.718. The molecule has 0 saturated carbocycles. The maximum absolute atomic E-state index is 11.5. The molecule has 0 radical (unpaired) electrons. The number of aromatic nitrogens is 4. The van der Waals surface area contributed by atoms with E-state index in [1.54, 1.807) is 12.4 Å². The highest BCUT2D eigenvalue weighted by Gasteiger charge is 2.28. The van der Waals surface area contributed by atoms with Gasteiger partial charge in [-0.3, -0.25) is 0 Å². The molecular weight excluding hydrogens is 264 g/mol. The van der Waals surface area contributed by atoms with Gasteiger partial charge in [0.05, 0.1) is 11.5 Å². The molecule has 3 rings (SSSR count). The van der Waals surface area contributed by atoms with Crippen molar-refractivity contribution < 1.29 is 8.42 Å². The second-order valence-corrected chi connectivity index (χ2v) is 7.26. The number of imidazole rings is 2. The van der Waals surface area contributed by atoms with Gasteiger partial charge in [-0.05, 0) is 12.3 Å². The largest absolute Gasteiger partial charge is 0.331 e. The van der Waals surface area contributed by atoms with Crippen LogP contribution in [-0.2, 0) is 23.4 Å². The Morgan fingerprint density at radius 2 is 2.00 bits per heavy atom. The van der Waals surface area contributed by atoms with Crippen LogP contribution in [0.4, 0.5) is 0 Å². The number of aryl methyl sites for hydroxylation is 1. The lowest BCUT2D eigenvalue weighted by molar-refractivity contribution is 0.492. The molecule has 1 atom stereocenters. The van der Waals surface area contributed by atoms with Crippen LogP contribution in [-0.4, -0.2) is 39.0 Å². The molecule has 1 saturated heterocycles. The van der Waals surface area contributed by atoms with Crippen LogP contribution in [0.5, 0.6) is 0 Å². The van der Waals surface area contributed by atoms with E-state index in [-0.39, 0.29) is 11.7 Å². The SMILES string of the molecule is Cn1ccnc1-c1nccn1C[C@@H]1CCS(=O)(=O)C1. The fourth-order valence-electron chi connectivity index (χ4n) is 2.54. The van der Waals surface area contributed by atoms with Crippen LogP contribution < -0.4 is 0 Å². The van der Waals surface area contributed by atoms with Gasteiger partial charge in [-0.1, -0.05) is 0 Å². The van der Waals surface area contributed by atoms with Crippen molar-refractivity contribution in [3.63, 3.8) is 0 Å². The van der Waals surface area contributed by atoms with Gasteiger partial charge in [0.2, 0.25) is 0 Å². The average molecular weight is 280 g/mol. The van der Waals surface area contributed by atoms with Crippen LogP contribution in [0.25, 0.3) is 11.6 Å². The number of sulfone groups is 1. The lowest BCUT2D eigenvalue weighted by atomic mass is 10.1. The van der Waals surface area contributed by atoms with Crippen LogP contribution in [0.3, 0.4) is 0 Å². The summed E-state index contributed by atoms with van der Waals surface area (Å²) in [5, 5.41) is 0. The van der Waals surface area contributed by atoms with Gasteiger partial charge in [-0.2, -0.15) is 0 Å². The second-order valence-electron chi connectivity index (χ2n) is 5.03. The Labute approximate surface area is 112 Å². The molecule has 0 aromatic carbocycles. The van der Waals surface area contributed by atoms with Crippen molar-refractivity contribution in [3.8, 4) is 11.6 Å². The van der Waals surface area contributed by atoms with E-state index in [1.165, 1.54) is 0 Å². The Morgan fingerprint density at radius 3 is 2.63 bits per heavy atom. The maximum Gasteiger partial charge on any atom is 0.176 e. The molecule has 1 aliphatic rings. The Balaban J connectivity index is 1.84. The lowest BCUT2D eigenvalue weighted by Crippen LogP contribution is -2.13. The van der Waals surface area contributed by atoms with Crippen molar-refractivity contribution in [2.24, 2.45) is 13.0 Å². The van der Waals surface area contributed by atoms with Gasteiger partial charge in [0.15, 0.2) is 21.5 Å². The monoisotopic (exact) mass is 280 g/mol. The van der Waals surface area contributed by atoms with Crippen LogP contribution >= 0.6 is 0 Å². The summed E-state index contributed by atoms with van der Waals surface area (Å²) < 4.78 is 26.9. The summed E-state index contributed by atoms with van der Waals surface area (Å²) in [4.78, 5) is 8.61. The minimum Gasteiger partial charge on any atom is -0.331 e. The molecule has 0 aliphatic carbocycles. The summed E-state index contributed by atoms with van der Waals surface area (Å²) in [5.41, 5.74) is 0. The maximum atomic E-state index is 11.5. The van der Waals surface area contributed by atoms with E-state index in [9.17, 15) is 8.42 Å². The van der Waals surface area contributed by atoms with Crippen LogP contribution in [0.1, 0.15) is 6.42 Å². The third-order valence-electron chi connectivity index (χ3n) is 3.52. The fraction of sp³-hybridized carbons (Fsp3) is 0.500. The number of nitrogens with zero attached hydrogens (tertiary/aromatic N) is 4. The first-order valence-corrected chi connectivity index (χ1v) is 8.06. The first-order valence-electron chi connectivity index (χ1n) is 6.24. The van der Waals surface area contributed by atoms with E-state index < -0.39 is 9.84 Å². The van der Waals surface area contributed by atoms with E-state index in [2.05, 4.69) is 9.97 Å². The van der Waals surface area contributed by atoms with Gasteiger partial charge in [0.25, 0.3) is 0 Å². The minimum absolute atomic E-state index is 0.179. The molecule has 102 valence electrons. The van der Waals surface area contributed by atoms with Crippen molar-refractivity contribution in [2.45, 2.75) is 13.0 Å². The van der Waals surface area contributed by atoms with Crippen molar-refractivity contribution in [1.29, 1.82) is 0 Å². The normalized spacial score (nSPS) is 21.8. The van der Waals surface area contributed by atoms with Gasteiger partial charge in [0, 0.05) is 38.4 Å². The first-order chi connectivity index (χ1) is 9.05. The Kier molecular flexibility index (Phi) is 2.93. The summed E-state index contributed by atoms with van der Waals surface area (Å²) in [6, 6.07) is 0. The fourth-order valence-corrected chi connectivity index (χ4v) is 4.39. The van der Waals surface area contributed by atoms with Crippen molar-refractivity contribution >= 4 is 9.84 Å². The number of rotatable bonds is 3. The molecule has 1 aliphatic heterocycles. The van der Waals surface area contributed by atoms with Gasteiger partial charge in [0.1, 0.15) is 0 Å². The van der Waals surface area contributed by atoms with E-state index in [0.29, 0.717) is 12.3 Å². The smallest absolute Gasteiger partial charge is 0.176 e. The molecule has 0 unspecified atom stereocenters. The van der Waals surface area contributed by atoms with E-state index in [1.807, 2.05) is 28.6 Å². The summed E-state index contributed by atoms with van der Waals surface area (Å²) >= 11 is 0. The van der Waals surface area contributed by atoms with Crippen molar-refractivity contribution in [3.05, 3.63) is 24.8 Å². The van der Waals surface area contributed by atoms with Gasteiger partial charge in [-0.15, -0.1) is 0 Å². The van der Waals surface area contributed by atoms with Crippen molar-refractivity contribution in [2.75, 3.05) is 11.5 Å². The molecule has 0 bridgehead atoms. The van der Waals surface area contributed by atoms with Crippen LogP contribution in [0.15, 0.2) is 24.8 Å². The highest BCUT2D eigenvalue weighted by atomic mass is 32.2. The Morgan fingerprint density at radius 1 is 1.26 bits per heavy atom. The topological polar surface area (TPSA) is 69.8 Å². The molecule has 0 N–H and O–H groups in total. The van der Waals surface area contributed by atoms with E-state index in [0.717, 1.165) is 18.1 Å². The molecule has 2 aromatic rings. The number of hydrogen-bond acceptors (Lipinski definition) is 4. The number of hydrogen-bond donors (Lipinski definition) is 0.